The normalized spacial score (nSPS) is 12.5. The van der Waals surface area contributed by atoms with E-state index in [0.29, 0.717) is 27.1 Å². The Morgan fingerprint density at radius 2 is 0.779 bits per heavy atom. The minimum absolute atomic E-state index is 0.00498. The number of nitrogens with zero attached hydrogens (tertiary/aromatic N) is 11. The number of halogens is 7. The smallest absolute Gasteiger partial charge is 0.433 e. The summed E-state index contributed by atoms with van der Waals surface area (Å²) in [6.07, 6.45) is 11.0. The van der Waals surface area contributed by atoms with Crippen LogP contribution in [0.3, 0.4) is 0 Å². The van der Waals surface area contributed by atoms with Crippen LogP contribution in [0.25, 0.3) is 0 Å². The molecule has 1 aliphatic heterocycles. The molecule has 0 atom stereocenters. The zero-order chi connectivity index (χ0) is 93.6. The lowest BCUT2D eigenvalue weighted by Gasteiger charge is -2.29. The molecule has 10 aromatic heterocycles. The maximum Gasteiger partial charge on any atom is 0.433 e. The first-order chi connectivity index (χ1) is 55.7. The number of aryl methyl sites for hydroxylation is 4. The highest BCUT2D eigenvalue weighted by Gasteiger charge is 2.33. The summed E-state index contributed by atoms with van der Waals surface area (Å²) in [5, 5.41) is 1.72. The van der Waals surface area contributed by atoms with E-state index in [2.05, 4.69) is 284 Å². The van der Waals surface area contributed by atoms with Crippen LogP contribution in [-0.4, -0.2) is 90.4 Å². The number of hydrogen-bond donors (Lipinski definition) is 0. The van der Waals surface area contributed by atoms with Crippen LogP contribution < -0.4 is 14.4 Å². The van der Waals surface area contributed by atoms with Crippen molar-refractivity contribution < 1.29 is 31.8 Å². The lowest BCUT2D eigenvalue weighted by atomic mass is 9.86. The van der Waals surface area contributed by atoms with Crippen LogP contribution in [0.5, 0.6) is 11.8 Å². The molecule has 1 fully saturated rings. The number of morpholine rings is 1. The third-order valence-electron chi connectivity index (χ3n) is 18.6. The Kier molecular flexibility index (Phi) is 42.7. The number of ether oxygens (including phenoxy) is 3. The fourth-order valence-electron chi connectivity index (χ4n) is 11.0. The Balaban J connectivity index is 0.000000460. The molecule has 122 heavy (non-hydrogen) atoms. The number of alkyl halides is 3. The fraction of sp³-hybridized carbons (Fsp3) is 0.505. The molecule has 0 N–H and O–H groups in total. The van der Waals surface area contributed by atoms with E-state index in [0.717, 1.165) is 77.7 Å². The van der Waals surface area contributed by atoms with E-state index in [1.54, 1.807) is 26.5 Å². The predicted molar refractivity (Wildman–Crippen MR) is 504 cm³/mol. The number of anilines is 1. The van der Waals surface area contributed by atoms with E-state index < -0.39 is 11.9 Å². The van der Waals surface area contributed by atoms with E-state index in [1.807, 2.05) is 134 Å². The van der Waals surface area contributed by atoms with E-state index >= 15 is 0 Å². The Bertz CT molecular complexity index is 4500. The van der Waals surface area contributed by atoms with E-state index in [-0.39, 0.29) is 60.0 Å². The van der Waals surface area contributed by atoms with Gasteiger partial charge in [0.2, 0.25) is 11.8 Å². The summed E-state index contributed by atoms with van der Waals surface area (Å²) in [6, 6.07) is 36.0. The minimum atomic E-state index is -4.35. The summed E-state index contributed by atoms with van der Waals surface area (Å²) in [7, 11) is 3.26. The second-order valence-corrected chi connectivity index (χ2v) is 41.5. The molecule has 670 valence electrons. The maximum absolute atomic E-state index is 12.4. The zero-order valence-corrected chi connectivity index (χ0v) is 82.6. The molecule has 0 saturated carbocycles. The first kappa shape index (κ1) is 110. The molecule has 0 spiro atoms. The molecule has 1 aliphatic rings. The molecular weight excluding hydrogens is 1600 g/mol. The van der Waals surface area contributed by atoms with Gasteiger partial charge in [0.05, 0.1) is 50.5 Å². The summed E-state index contributed by atoms with van der Waals surface area (Å²) in [4.78, 5) is 43.6. The molecule has 0 radical (unpaired) electrons. The van der Waals surface area contributed by atoms with Crippen molar-refractivity contribution in [1.29, 1.82) is 0 Å². The van der Waals surface area contributed by atoms with Crippen LogP contribution in [0.15, 0.2) is 171 Å². The van der Waals surface area contributed by atoms with Crippen molar-refractivity contribution in [3.63, 3.8) is 0 Å². The van der Waals surface area contributed by atoms with Gasteiger partial charge in [-0.15, -0.1) is 0 Å². The van der Waals surface area contributed by atoms with Gasteiger partial charge in [-0.05, 0) is 171 Å². The molecule has 0 aromatic carbocycles. The van der Waals surface area contributed by atoms with Gasteiger partial charge in [0.1, 0.15) is 21.8 Å². The van der Waals surface area contributed by atoms with Crippen molar-refractivity contribution in [1.82, 2.24) is 49.8 Å². The molecule has 21 heteroatoms. The minimum Gasteiger partial charge on any atom is -0.481 e. The van der Waals surface area contributed by atoms with Crippen LogP contribution in [0, 0.1) is 33.5 Å². The first-order valence-corrected chi connectivity index (χ1v) is 42.5. The molecule has 0 bridgehead atoms. The highest BCUT2D eigenvalue weighted by molar-refractivity contribution is 6.32. The molecule has 14 nitrogen and oxygen atoms in total. The second-order valence-electron chi connectivity index (χ2n) is 40.3. The van der Waals surface area contributed by atoms with Crippen molar-refractivity contribution in [2.24, 2.45) is 0 Å². The summed E-state index contributed by atoms with van der Waals surface area (Å²) < 4.78 is 64.2. The summed E-state index contributed by atoms with van der Waals surface area (Å²) >= 11 is 17.4. The maximum atomic E-state index is 12.4. The van der Waals surface area contributed by atoms with Crippen LogP contribution in [-0.2, 0) is 65.1 Å². The lowest BCUT2D eigenvalue weighted by Crippen LogP contribution is -2.36. The zero-order valence-electron chi connectivity index (χ0n) is 80.3. The van der Waals surface area contributed by atoms with Gasteiger partial charge in [-0.1, -0.05) is 279 Å². The van der Waals surface area contributed by atoms with Crippen molar-refractivity contribution >= 4 is 40.5 Å². The van der Waals surface area contributed by atoms with E-state index in [1.165, 1.54) is 63.6 Å². The molecule has 11 rings (SSSR count). The Morgan fingerprint density at radius 3 is 1.12 bits per heavy atom. The number of pyridine rings is 10. The SMILES string of the molecule is CC(C)(C)c1cc(Cl)cnc1Cl.CC(C)(C)c1ccc(C(F)(F)F)nc1.CC(C)(C)c1ccc(Cl)nc1.CC(C)(C)c1ccc(F)cn1.CC(C)(C)c1ccc(N2CCOCC2)cn1.COc1ccc(C(C)(C)C)c(C)n1.COc1ccc(C(C)(C)C)cn1.Cc1ccc(C(C)(C)C)nc1.Cc1ccnc(C(C)(C)C)c1.Cc1ncccc1C(C)(C)C. The van der Waals surface area contributed by atoms with Crippen LogP contribution >= 0.6 is 34.8 Å². The average molecular weight is 1740 g/mol. The summed E-state index contributed by atoms with van der Waals surface area (Å²) in [5.41, 5.74) is 17.3. The molecule has 11 heterocycles. The fourth-order valence-corrected chi connectivity index (χ4v) is 11.6. The quantitative estimate of drug-likeness (QED) is 0.121. The van der Waals surface area contributed by atoms with Crippen molar-refractivity contribution in [2.75, 3.05) is 45.4 Å². The van der Waals surface area contributed by atoms with Gasteiger partial charge in [-0.2, -0.15) is 13.2 Å². The van der Waals surface area contributed by atoms with Gasteiger partial charge in [0.15, 0.2) is 0 Å². The van der Waals surface area contributed by atoms with Crippen LogP contribution in [0.4, 0.5) is 23.2 Å². The number of methoxy groups -OCH3 is 2. The third-order valence-corrected chi connectivity index (χ3v) is 19.3. The van der Waals surface area contributed by atoms with Crippen LogP contribution in [0.1, 0.15) is 292 Å². The monoisotopic (exact) mass is 1740 g/mol. The van der Waals surface area contributed by atoms with Gasteiger partial charge in [0, 0.05) is 124 Å². The Morgan fingerprint density at radius 1 is 0.344 bits per heavy atom. The highest BCUT2D eigenvalue weighted by atomic mass is 35.5. The van der Waals surface area contributed by atoms with Gasteiger partial charge < -0.3 is 19.1 Å². The Labute approximate surface area is 746 Å². The van der Waals surface area contributed by atoms with Crippen molar-refractivity contribution in [3.05, 3.63) is 277 Å². The average Bonchev–Trinajstić information content (AvgIpc) is 0.817. The molecule has 0 aliphatic carbocycles. The second kappa shape index (κ2) is 47.5. The van der Waals surface area contributed by atoms with Gasteiger partial charge in [-0.3, -0.25) is 29.9 Å². The van der Waals surface area contributed by atoms with Crippen molar-refractivity contribution in [3.8, 4) is 11.8 Å². The number of aromatic nitrogens is 10. The van der Waals surface area contributed by atoms with E-state index in [9.17, 15) is 17.6 Å². The molecule has 0 amide bonds. The molecule has 10 aromatic rings. The van der Waals surface area contributed by atoms with Crippen LogP contribution in [0.2, 0.25) is 15.3 Å². The molecular formula is C101H144Cl3F4N11O3. The standard InChI is InChI=1S/C13H20N2O.C11H17NO.C10H12F3N.C10H15NO.3C10H15N.C9H11Cl2N.C9H12ClN.C9H12FN/c1-13(2,3)12-5-4-11(10-14-12)15-6-8-16-9-7-15;1-8-9(11(2,3)4)6-7-10(12-8)13-5;1-9(2,3)7-4-5-8(14-6-7)10(11,12)13;1-10(2,3)8-5-6-9(12-4)11-7-8;1-8-5-6-11-9(7-8)10(2,3)4;1-8-5-6-9(11-7-8)10(2,3)4;1-8-9(10(2,3)4)6-5-7-11-8;1-9(2,3)7-4-6(10)5-12-8(7)11;1-9(2,3)7-4-5-8(10)11-6-7;1-9(2,3)8-5-4-7(10)6-11-8/h4-5,10H,6-9H2,1-3H3;6-7H,1-5H3;4-6H,1-3H3;5-7H,1-4H3;3*5-7H,1-4H3;4-5H,1-3H3;2*4-6H,1-3H3. The summed E-state index contributed by atoms with van der Waals surface area (Å²) in [6.45, 7) is 75.7. The molecule has 0 unspecified atom stereocenters. The first-order valence-electron chi connectivity index (χ1n) is 41.4. The number of hydrogen-bond acceptors (Lipinski definition) is 14. The number of rotatable bonds is 3. The van der Waals surface area contributed by atoms with Crippen molar-refractivity contribution in [2.45, 2.75) is 296 Å². The topological polar surface area (TPSA) is 160 Å². The summed E-state index contributed by atoms with van der Waals surface area (Å²) in [5.74, 6) is 1.08. The third kappa shape index (κ3) is 41.8. The highest BCUT2D eigenvalue weighted by Crippen LogP contribution is 2.34. The van der Waals surface area contributed by atoms with Gasteiger partial charge in [0.25, 0.3) is 0 Å². The van der Waals surface area contributed by atoms with Gasteiger partial charge >= 0.3 is 6.18 Å². The Hall–Kier alpha value is -8.55. The molecule has 1 saturated heterocycles. The van der Waals surface area contributed by atoms with Gasteiger partial charge in [-0.25, -0.2) is 24.3 Å². The van der Waals surface area contributed by atoms with E-state index in [4.69, 9.17) is 49.0 Å². The largest absolute Gasteiger partial charge is 0.481 e. The lowest BCUT2D eigenvalue weighted by molar-refractivity contribution is -0.141. The predicted octanol–water partition coefficient (Wildman–Crippen LogP) is 28.0.